The Morgan fingerprint density at radius 1 is 1.45 bits per heavy atom. The number of halogens is 1. The van der Waals surface area contributed by atoms with Gasteiger partial charge in [0, 0.05) is 10.0 Å². The lowest BCUT2D eigenvalue weighted by Crippen LogP contribution is -2.24. The van der Waals surface area contributed by atoms with Gasteiger partial charge in [0.2, 0.25) is 0 Å². The minimum Gasteiger partial charge on any atom is -0.490 e. The summed E-state index contributed by atoms with van der Waals surface area (Å²) >= 11 is 3.48. The molecule has 22 heavy (non-hydrogen) atoms. The van der Waals surface area contributed by atoms with Crippen LogP contribution in [0.15, 0.2) is 21.7 Å². The molecule has 0 aromatic heterocycles. The van der Waals surface area contributed by atoms with E-state index in [0.717, 1.165) is 28.6 Å². The maximum Gasteiger partial charge on any atom is 0.332 e. The molecule has 2 amide bonds. The molecule has 3 N–H and O–H groups in total. The Morgan fingerprint density at radius 2 is 2.18 bits per heavy atom. The zero-order valence-electron chi connectivity index (χ0n) is 12.5. The monoisotopic (exact) mass is 369 g/mol. The summed E-state index contributed by atoms with van der Waals surface area (Å²) < 4.78 is 12.5. The first kappa shape index (κ1) is 16.6. The molecule has 6 nitrogen and oxygen atoms in total. The zero-order valence-corrected chi connectivity index (χ0v) is 14.1. The van der Waals surface area contributed by atoms with Crippen LogP contribution in [-0.4, -0.2) is 25.0 Å². The third-order valence-electron chi connectivity index (χ3n) is 3.34. The fourth-order valence-corrected chi connectivity index (χ4v) is 2.79. The Morgan fingerprint density at radius 3 is 2.82 bits per heavy atom. The maximum absolute atomic E-state index is 10.6. The van der Waals surface area contributed by atoms with Gasteiger partial charge in [-0.1, -0.05) is 0 Å². The van der Waals surface area contributed by atoms with E-state index in [1.807, 2.05) is 19.1 Å². The molecule has 7 heteroatoms. The van der Waals surface area contributed by atoms with Crippen LogP contribution < -0.4 is 20.6 Å². The lowest BCUT2D eigenvalue weighted by atomic mass is 10.2. The third-order valence-corrected chi connectivity index (χ3v) is 4.02. The van der Waals surface area contributed by atoms with E-state index < -0.39 is 6.03 Å². The van der Waals surface area contributed by atoms with E-state index >= 15 is 0 Å². The molecule has 1 fully saturated rings. The first-order chi connectivity index (χ1) is 10.6. The van der Waals surface area contributed by atoms with Gasteiger partial charge in [0.15, 0.2) is 11.5 Å². The second kappa shape index (κ2) is 8.03. The zero-order chi connectivity index (χ0) is 15.9. The second-order valence-corrected chi connectivity index (χ2v) is 5.87. The number of carbonyl (C=O) groups excluding carboxylic acids is 1. The molecule has 0 radical (unpaired) electrons. The van der Waals surface area contributed by atoms with Crippen molar-refractivity contribution in [2.45, 2.75) is 38.7 Å². The molecule has 0 bridgehead atoms. The highest BCUT2D eigenvalue weighted by Gasteiger charge is 2.19. The standard InChI is InChI=1S/C15H20BrN3O3/c1-2-21-13-7-10(9-18-19-15(17)20)12(16)8-14(13)22-11-5-3-4-6-11/h7-9,11H,2-6H2,1H3,(H3,17,19,20). The number of nitrogens with one attached hydrogen (secondary N) is 1. The van der Waals surface area contributed by atoms with E-state index in [2.05, 4.69) is 26.5 Å². The van der Waals surface area contributed by atoms with Crippen molar-refractivity contribution in [3.63, 3.8) is 0 Å². The van der Waals surface area contributed by atoms with Crippen LogP contribution in [0.2, 0.25) is 0 Å². The number of amides is 2. The number of urea groups is 1. The summed E-state index contributed by atoms with van der Waals surface area (Å²) in [5, 5.41) is 3.76. The van der Waals surface area contributed by atoms with Gasteiger partial charge in [-0.15, -0.1) is 0 Å². The van der Waals surface area contributed by atoms with E-state index in [9.17, 15) is 4.79 Å². The van der Waals surface area contributed by atoms with Gasteiger partial charge < -0.3 is 15.2 Å². The second-order valence-electron chi connectivity index (χ2n) is 5.01. The SMILES string of the molecule is CCOc1cc(C=NNC(N)=O)c(Br)cc1OC1CCCC1. The smallest absolute Gasteiger partial charge is 0.332 e. The maximum atomic E-state index is 10.6. The molecule has 0 spiro atoms. The molecule has 1 aromatic carbocycles. The molecule has 2 rings (SSSR count). The summed E-state index contributed by atoms with van der Waals surface area (Å²) in [7, 11) is 0. The Labute approximate surface area is 138 Å². The summed E-state index contributed by atoms with van der Waals surface area (Å²) in [5.41, 5.74) is 7.89. The predicted molar refractivity (Wildman–Crippen MR) is 88.5 cm³/mol. The minimum absolute atomic E-state index is 0.252. The summed E-state index contributed by atoms with van der Waals surface area (Å²) in [4.78, 5) is 10.6. The highest BCUT2D eigenvalue weighted by atomic mass is 79.9. The molecule has 1 aromatic rings. The normalized spacial score (nSPS) is 15.2. The lowest BCUT2D eigenvalue weighted by Gasteiger charge is -2.17. The van der Waals surface area contributed by atoms with Gasteiger partial charge in [-0.3, -0.25) is 0 Å². The molecular weight excluding hydrogens is 350 g/mol. The van der Waals surface area contributed by atoms with Crippen molar-refractivity contribution in [1.29, 1.82) is 0 Å². The van der Waals surface area contributed by atoms with Gasteiger partial charge in [-0.05, 0) is 60.7 Å². The van der Waals surface area contributed by atoms with Crippen molar-refractivity contribution in [3.05, 3.63) is 22.2 Å². The molecule has 0 saturated heterocycles. The molecule has 1 aliphatic carbocycles. The average molecular weight is 370 g/mol. The number of nitrogens with zero attached hydrogens (tertiary/aromatic N) is 1. The van der Waals surface area contributed by atoms with Crippen LogP contribution in [0.1, 0.15) is 38.2 Å². The van der Waals surface area contributed by atoms with E-state index in [1.54, 1.807) is 0 Å². The molecule has 0 aliphatic heterocycles. The van der Waals surface area contributed by atoms with Gasteiger partial charge in [0.1, 0.15) is 0 Å². The number of carbonyl (C=O) groups is 1. The molecular formula is C15H20BrN3O3. The average Bonchev–Trinajstić information content (AvgIpc) is 2.96. The third kappa shape index (κ3) is 4.62. The van der Waals surface area contributed by atoms with Crippen LogP contribution in [0, 0.1) is 0 Å². The van der Waals surface area contributed by atoms with Crippen LogP contribution in [0.5, 0.6) is 11.5 Å². The van der Waals surface area contributed by atoms with Crippen molar-refractivity contribution in [1.82, 2.24) is 5.43 Å². The van der Waals surface area contributed by atoms with Gasteiger partial charge in [-0.2, -0.15) is 5.10 Å². The fraction of sp³-hybridized carbons (Fsp3) is 0.467. The predicted octanol–water partition coefficient (Wildman–Crippen LogP) is 3.17. The van der Waals surface area contributed by atoms with Gasteiger partial charge >= 0.3 is 6.03 Å². The Balaban J connectivity index is 2.20. The summed E-state index contributed by atoms with van der Waals surface area (Å²) in [6.07, 6.45) is 6.32. The number of hydrazone groups is 1. The van der Waals surface area contributed by atoms with Crippen molar-refractivity contribution in [2.24, 2.45) is 10.8 Å². The van der Waals surface area contributed by atoms with Crippen molar-refractivity contribution in [2.75, 3.05) is 6.61 Å². The molecule has 1 aliphatic rings. The van der Waals surface area contributed by atoms with Crippen LogP contribution in [-0.2, 0) is 0 Å². The van der Waals surface area contributed by atoms with Crippen molar-refractivity contribution < 1.29 is 14.3 Å². The lowest BCUT2D eigenvalue weighted by molar-refractivity contribution is 0.196. The topological polar surface area (TPSA) is 85.9 Å². The summed E-state index contributed by atoms with van der Waals surface area (Å²) in [6, 6.07) is 2.98. The first-order valence-corrected chi connectivity index (χ1v) is 8.11. The summed E-state index contributed by atoms with van der Waals surface area (Å²) in [6.45, 7) is 2.46. The quantitative estimate of drug-likeness (QED) is 0.596. The number of hydrogen-bond acceptors (Lipinski definition) is 4. The van der Waals surface area contributed by atoms with Crippen molar-refractivity contribution in [3.8, 4) is 11.5 Å². The van der Waals surface area contributed by atoms with Gasteiger partial charge in [0.25, 0.3) is 0 Å². The summed E-state index contributed by atoms with van der Waals surface area (Å²) in [5.74, 6) is 1.39. The van der Waals surface area contributed by atoms with Crippen LogP contribution >= 0.6 is 15.9 Å². The highest BCUT2D eigenvalue weighted by molar-refractivity contribution is 9.10. The largest absolute Gasteiger partial charge is 0.490 e. The number of benzene rings is 1. The molecule has 1 saturated carbocycles. The molecule has 0 heterocycles. The van der Waals surface area contributed by atoms with Crippen LogP contribution in [0.3, 0.4) is 0 Å². The fourth-order valence-electron chi connectivity index (χ4n) is 2.36. The molecule has 0 unspecified atom stereocenters. The highest BCUT2D eigenvalue weighted by Crippen LogP contribution is 2.36. The minimum atomic E-state index is -0.710. The Hall–Kier alpha value is -1.76. The number of hydrogen-bond donors (Lipinski definition) is 2. The molecule has 0 atom stereocenters. The van der Waals surface area contributed by atoms with Crippen LogP contribution in [0.25, 0.3) is 0 Å². The van der Waals surface area contributed by atoms with E-state index in [0.29, 0.717) is 12.4 Å². The molecule has 120 valence electrons. The first-order valence-electron chi connectivity index (χ1n) is 7.31. The van der Waals surface area contributed by atoms with Crippen molar-refractivity contribution >= 4 is 28.2 Å². The van der Waals surface area contributed by atoms with E-state index in [4.69, 9.17) is 15.2 Å². The Bertz CT molecular complexity index is 557. The van der Waals surface area contributed by atoms with E-state index in [1.165, 1.54) is 19.1 Å². The Kier molecular flexibility index (Phi) is 6.06. The number of nitrogens with two attached hydrogens (primary N) is 1. The van der Waals surface area contributed by atoms with Crippen LogP contribution in [0.4, 0.5) is 4.79 Å². The number of ether oxygens (including phenoxy) is 2. The van der Waals surface area contributed by atoms with Gasteiger partial charge in [-0.25, -0.2) is 10.2 Å². The van der Waals surface area contributed by atoms with Gasteiger partial charge in [0.05, 0.1) is 18.9 Å². The number of primary amides is 1. The number of rotatable bonds is 6. The van der Waals surface area contributed by atoms with E-state index in [-0.39, 0.29) is 6.10 Å².